The van der Waals surface area contributed by atoms with Gasteiger partial charge in [0.2, 0.25) is 11.7 Å². The molecule has 13 heavy (non-hydrogen) atoms. The highest BCUT2D eigenvalue weighted by Gasteiger charge is 2.06. The lowest BCUT2D eigenvalue weighted by Crippen LogP contribution is -2.26. The highest BCUT2D eigenvalue weighted by atomic mass is 19.1. The average Bonchev–Trinajstić information content (AvgIpc) is 2.06. The maximum Gasteiger partial charge on any atom is 0.227 e. The number of nitrogens with zero attached hydrogens (tertiary/aromatic N) is 1. The van der Waals surface area contributed by atoms with E-state index in [0.29, 0.717) is 10.1 Å². The van der Waals surface area contributed by atoms with E-state index in [9.17, 15) is 9.60 Å². The molecule has 0 spiro atoms. The first-order valence-corrected chi connectivity index (χ1v) is 3.68. The van der Waals surface area contributed by atoms with Gasteiger partial charge in [-0.2, -0.15) is 4.73 Å². The molecule has 2 aromatic rings. The van der Waals surface area contributed by atoms with Gasteiger partial charge in [0.05, 0.1) is 11.5 Å². The largest absolute Gasteiger partial charge is 0.618 e. The summed E-state index contributed by atoms with van der Waals surface area (Å²) >= 11 is 0. The highest BCUT2D eigenvalue weighted by molar-refractivity contribution is 5.76. The van der Waals surface area contributed by atoms with E-state index in [-0.39, 0.29) is 11.3 Å². The molecule has 0 saturated heterocycles. The molecule has 1 heterocycles. The van der Waals surface area contributed by atoms with Gasteiger partial charge in [-0.1, -0.05) is 0 Å². The summed E-state index contributed by atoms with van der Waals surface area (Å²) in [7, 11) is 0. The van der Waals surface area contributed by atoms with Crippen LogP contribution in [0.1, 0.15) is 0 Å². The van der Waals surface area contributed by atoms with Gasteiger partial charge < -0.3 is 10.3 Å². The minimum Gasteiger partial charge on any atom is -0.618 e. The molecule has 0 atom stereocenters. The van der Waals surface area contributed by atoms with E-state index in [4.69, 9.17) is 5.11 Å². The Bertz CT molecular complexity index is 470. The van der Waals surface area contributed by atoms with Crippen molar-refractivity contribution < 1.29 is 14.2 Å². The molecule has 0 fully saturated rings. The summed E-state index contributed by atoms with van der Waals surface area (Å²) in [5.41, 5.74) is 0.251. The third-order valence-electron chi connectivity index (χ3n) is 1.79. The molecule has 0 bridgehead atoms. The Balaban J connectivity index is 2.87. The van der Waals surface area contributed by atoms with Crippen molar-refractivity contribution in [3.05, 3.63) is 41.5 Å². The summed E-state index contributed by atoms with van der Waals surface area (Å²) in [4.78, 5) is 0. The van der Waals surface area contributed by atoms with Crippen molar-refractivity contribution in [3.63, 3.8) is 0 Å². The molecule has 1 aromatic heterocycles. The van der Waals surface area contributed by atoms with Crippen LogP contribution >= 0.6 is 0 Å². The molecule has 4 heteroatoms. The summed E-state index contributed by atoms with van der Waals surface area (Å²) in [5, 5.41) is 20.7. The first kappa shape index (κ1) is 7.79. The molecular formula is C9H6FNO2. The number of aromatic hydroxyl groups is 1. The first-order valence-electron chi connectivity index (χ1n) is 3.68. The van der Waals surface area contributed by atoms with Crippen LogP contribution in [-0.4, -0.2) is 5.11 Å². The molecule has 2 rings (SSSR count). The van der Waals surface area contributed by atoms with Crippen LogP contribution in [-0.2, 0) is 0 Å². The van der Waals surface area contributed by atoms with E-state index in [2.05, 4.69) is 0 Å². The number of hydrogen-bond acceptors (Lipinski definition) is 2. The van der Waals surface area contributed by atoms with Crippen LogP contribution in [0.2, 0.25) is 0 Å². The summed E-state index contributed by atoms with van der Waals surface area (Å²) in [6, 6.07) is 5.43. The summed E-state index contributed by atoms with van der Waals surface area (Å²) in [6.07, 6.45) is 0.821. The standard InChI is InChI=1S/C9H6FNO2/c10-7-3-6-1-2-8(12)4-9(6)11(13)5-7/h1-5,12H. The van der Waals surface area contributed by atoms with Crippen molar-refractivity contribution in [1.29, 1.82) is 0 Å². The number of phenolic OH excluding ortho intramolecular Hbond substituents is 1. The number of pyridine rings is 1. The normalized spacial score (nSPS) is 10.5. The Labute approximate surface area is 73.3 Å². The maximum absolute atomic E-state index is 12.7. The fourth-order valence-electron chi connectivity index (χ4n) is 1.21. The number of hydrogen-bond donors (Lipinski definition) is 1. The number of rotatable bonds is 0. The molecule has 0 aliphatic heterocycles. The van der Waals surface area contributed by atoms with Crippen molar-refractivity contribution in [2.75, 3.05) is 0 Å². The average molecular weight is 179 g/mol. The van der Waals surface area contributed by atoms with Gasteiger partial charge in [0, 0.05) is 0 Å². The van der Waals surface area contributed by atoms with Gasteiger partial charge >= 0.3 is 0 Å². The topological polar surface area (TPSA) is 47.2 Å². The Morgan fingerprint density at radius 3 is 2.85 bits per heavy atom. The van der Waals surface area contributed by atoms with Gasteiger partial charge in [0.1, 0.15) is 5.75 Å². The second-order valence-electron chi connectivity index (χ2n) is 2.73. The second-order valence-corrected chi connectivity index (χ2v) is 2.73. The zero-order chi connectivity index (χ0) is 9.42. The fourth-order valence-corrected chi connectivity index (χ4v) is 1.21. The lowest BCUT2D eigenvalue weighted by molar-refractivity contribution is -0.578. The van der Waals surface area contributed by atoms with E-state index in [1.165, 1.54) is 24.3 Å². The van der Waals surface area contributed by atoms with Gasteiger partial charge in [0.15, 0.2) is 5.82 Å². The zero-order valence-electron chi connectivity index (χ0n) is 6.57. The quantitative estimate of drug-likeness (QED) is 0.489. The molecule has 1 N–H and O–H groups in total. The molecule has 1 aromatic carbocycles. The van der Waals surface area contributed by atoms with Crippen molar-refractivity contribution >= 4 is 10.9 Å². The van der Waals surface area contributed by atoms with Crippen LogP contribution < -0.4 is 4.73 Å². The van der Waals surface area contributed by atoms with Gasteiger partial charge in [0.25, 0.3) is 0 Å². The number of aromatic nitrogens is 1. The van der Waals surface area contributed by atoms with E-state index >= 15 is 0 Å². The molecule has 3 nitrogen and oxygen atoms in total. The van der Waals surface area contributed by atoms with Crippen molar-refractivity contribution in [3.8, 4) is 5.75 Å². The van der Waals surface area contributed by atoms with Crippen molar-refractivity contribution in [2.45, 2.75) is 0 Å². The second kappa shape index (κ2) is 2.58. The van der Waals surface area contributed by atoms with Crippen LogP contribution in [0.25, 0.3) is 10.9 Å². The third-order valence-corrected chi connectivity index (χ3v) is 1.79. The van der Waals surface area contributed by atoms with E-state index in [1.807, 2.05) is 0 Å². The molecule has 0 amide bonds. The fraction of sp³-hybridized carbons (Fsp3) is 0. The van der Waals surface area contributed by atoms with Crippen molar-refractivity contribution in [2.24, 2.45) is 0 Å². The summed E-state index contributed by atoms with van der Waals surface area (Å²) in [5.74, 6) is -0.600. The number of halogens is 1. The van der Waals surface area contributed by atoms with E-state index in [0.717, 1.165) is 6.20 Å². The predicted molar refractivity (Wildman–Crippen MR) is 44.5 cm³/mol. The predicted octanol–water partition coefficient (Wildman–Crippen LogP) is 1.32. The number of fused-ring (bicyclic) bond motifs is 1. The SMILES string of the molecule is [O-][n+]1cc(F)cc2ccc(O)cc21. The molecule has 0 unspecified atom stereocenters. The lowest BCUT2D eigenvalue weighted by atomic mass is 10.2. The van der Waals surface area contributed by atoms with E-state index < -0.39 is 5.82 Å². The first-order chi connectivity index (χ1) is 6.16. The molecule has 0 radical (unpaired) electrons. The zero-order valence-corrected chi connectivity index (χ0v) is 6.57. The monoisotopic (exact) mass is 179 g/mol. The summed E-state index contributed by atoms with van der Waals surface area (Å²) in [6.45, 7) is 0. The number of benzene rings is 1. The van der Waals surface area contributed by atoms with Gasteiger partial charge in [-0.05, 0) is 18.2 Å². The minimum absolute atomic E-state index is 0.0105. The summed E-state index contributed by atoms with van der Waals surface area (Å²) < 4.78 is 13.1. The molecule has 0 aliphatic carbocycles. The van der Waals surface area contributed by atoms with Crippen LogP contribution in [0.5, 0.6) is 5.75 Å². The minimum atomic E-state index is -0.590. The van der Waals surface area contributed by atoms with Crippen LogP contribution in [0.15, 0.2) is 30.5 Å². The third kappa shape index (κ3) is 1.26. The smallest absolute Gasteiger partial charge is 0.227 e. The van der Waals surface area contributed by atoms with Crippen LogP contribution in [0.4, 0.5) is 4.39 Å². The van der Waals surface area contributed by atoms with Gasteiger partial charge in [-0.3, -0.25) is 0 Å². The molecule has 66 valence electrons. The Morgan fingerprint density at radius 2 is 2.08 bits per heavy atom. The Hall–Kier alpha value is -1.84. The van der Waals surface area contributed by atoms with Gasteiger partial charge in [-0.25, -0.2) is 4.39 Å². The Kier molecular flexibility index (Phi) is 1.55. The van der Waals surface area contributed by atoms with E-state index in [1.54, 1.807) is 0 Å². The molecule has 0 aliphatic rings. The maximum atomic E-state index is 12.7. The Morgan fingerprint density at radius 1 is 1.31 bits per heavy atom. The van der Waals surface area contributed by atoms with Crippen LogP contribution in [0.3, 0.4) is 0 Å². The van der Waals surface area contributed by atoms with Crippen LogP contribution in [0, 0.1) is 11.0 Å². The molecular weight excluding hydrogens is 173 g/mol. The number of phenols is 1. The lowest BCUT2D eigenvalue weighted by Gasteiger charge is -2.01. The van der Waals surface area contributed by atoms with Gasteiger partial charge in [-0.15, -0.1) is 0 Å². The molecule has 0 saturated carbocycles. The van der Waals surface area contributed by atoms with Crippen molar-refractivity contribution in [1.82, 2.24) is 0 Å². The highest BCUT2D eigenvalue weighted by Crippen LogP contribution is 2.16.